The van der Waals surface area contributed by atoms with Crippen LogP contribution in [0.15, 0.2) is 53.6 Å². The average Bonchev–Trinajstić information content (AvgIpc) is 3.11. The van der Waals surface area contributed by atoms with E-state index in [0.29, 0.717) is 6.54 Å². The van der Waals surface area contributed by atoms with Gasteiger partial charge in [0.1, 0.15) is 11.6 Å². The molecule has 2 heterocycles. The summed E-state index contributed by atoms with van der Waals surface area (Å²) in [5, 5.41) is 2.91. The summed E-state index contributed by atoms with van der Waals surface area (Å²) < 4.78 is 39.7. The Morgan fingerprint density at radius 1 is 1.26 bits per heavy atom. The molecule has 27 heavy (non-hydrogen) atoms. The topological polar surface area (TPSA) is 91.4 Å². The number of pyridine rings is 1. The van der Waals surface area contributed by atoms with Gasteiger partial charge < -0.3 is 10.2 Å². The number of hydrogen-bond acceptors (Lipinski definition) is 5. The van der Waals surface area contributed by atoms with Crippen LogP contribution in [0.4, 0.5) is 10.2 Å². The van der Waals surface area contributed by atoms with Crippen molar-refractivity contribution in [3.05, 3.63) is 54.5 Å². The maximum atomic E-state index is 13.2. The van der Waals surface area contributed by atoms with Gasteiger partial charge in [-0.2, -0.15) is 0 Å². The molecule has 2 N–H and O–H groups in total. The van der Waals surface area contributed by atoms with E-state index >= 15 is 0 Å². The van der Waals surface area contributed by atoms with Gasteiger partial charge in [0.15, 0.2) is 0 Å². The predicted molar refractivity (Wildman–Crippen MR) is 99.2 cm³/mol. The standard InChI is InChI=1S/C18H21FN4O3S/c19-14-4-3-5-16(12-14)27(25,26)21-10-7-18(24)22-15-8-11-23(13-15)17-6-1-2-9-20-17/h1-6,9,12,15,21H,7-8,10-11,13H2,(H,22,24). The Bertz CT molecular complexity index is 892. The molecule has 7 nitrogen and oxygen atoms in total. The molecule has 1 aliphatic heterocycles. The van der Waals surface area contributed by atoms with Gasteiger partial charge in [0.2, 0.25) is 15.9 Å². The van der Waals surface area contributed by atoms with Crippen molar-refractivity contribution < 1.29 is 17.6 Å². The van der Waals surface area contributed by atoms with Crippen LogP contribution < -0.4 is 14.9 Å². The minimum Gasteiger partial charge on any atom is -0.354 e. The fourth-order valence-electron chi connectivity index (χ4n) is 2.94. The minimum absolute atomic E-state index is 0.000618. The first-order valence-corrected chi connectivity index (χ1v) is 10.1. The van der Waals surface area contributed by atoms with E-state index in [1.54, 1.807) is 6.20 Å². The molecule has 1 aromatic heterocycles. The Labute approximate surface area is 157 Å². The van der Waals surface area contributed by atoms with Gasteiger partial charge >= 0.3 is 0 Å². The number of carbonyl (C=O) groups excluding carboxylic acids is 1. The summed E-state index contributed by atoms with van der Waals surface area (Å²) in [4.78, 5) is 18.3. The highest BCUT2D eigenvalue weighted by atomic mass is 32.2. The van der Waals surface area contributed by atoms with Crippen LogP contribution in [-0.2, 0) is 14.8 Å². The van der Waals surface area contributed by atoms with Crippen LogP contribution >= 0.6 is 0 Å². The number of amides is 1. The molecule has 1 atom stereocenters. The molecule has 1 fully saturated rings. The van der Waals surface area contributed by atoms with Gasteiger partial charge in [-0.05, 0) is 36.8 Å². The van der Waals surface area contributed by atoms with E-state index in [2.05, 4.69) is 19.9 Å². The molecule has 1 unspecified atom stereocenters. The highest BCUT2D eigenvalue weighted by Gasteiger charge is 2.24. The molecule has 1 aliphatic rings. The summed E-state index contributed by atoms with van der Waals surface area (Å²) in [6.07, 6.45) is 2.54. The molecule has 0 saturated carbocycles. The first kappa shape index (κ1) is 19.2. The van der Waals surface area contributed by atoms with E-state index in [-0.39, 0.29) is 29.8 Å². The largest absolute Gasteiger partial charge is 0.354 e. The summed E-state index contributed by atoms with van der Waals surface area (Å²) >= 11 is 0. The predicted octanol–water partition coefficient (Wildman–Crippen LogP) is 1.28. The van der Waals surface area contributed by atoms with Crippen molar-refractivity contribution in [1.29, 1.82) is 0 Å². The summed E-state index contributed by atoms with van der Waals surface area (Å²) in [5.41, 5.74) is 0. The zero-order chi connectivity index (χ0) is 19.3. The summed E-state index contributed by atoms with van der Waals surface area (Å²) in [6, 6.07) is 10.4. The molecule has 3 rings (SSSR count). The van der Waals surface area contributed by atoms with Gasteiger partial charge in [0, 0.05) is 38.3 Å². The Balaban J connectivity index is 1.44. The number of anilines is 1. The van der Waals surface area contributed by atoms with Crippen molar-refractivity contribution >= 4 is 21.7 Å². The summed E-state index contributed by atoms with van der Waals surface area (Å²) in [6.45, 7) is 1.41. The highest BCUT2D eigenvalue weighted by molar-refractivity contribution is 7.89. The smallest absolute Gasteiger partial charge is 0.240 e. The Kier molecular flexibility index (Phi) is 6.02. The van der Waals surface area contributed by atoms with E-state index in [1.807, 2.05) is 18.2 Å². The Morgan fingerprint density at radius 2 is 2.11 bits per heavy atom. The molecule has 2 aromatic rings. The van der Waals surface area contributed by atoms with E-state index in [4.69, 9.17) is 0 Å². The van der Waals surface area contributed by atoms with Crippen molar-refractivity contribution in [1.82, 2.24) is 15.0 Å². The third kappa shape index (κ3) is 5.24. The van der Waals surface area contributed by atoms with Gasteiger partial charge in [-0.3, -0.25) is 4.79 Å². The Morgan fingerprint density at radius 3 is 2.85 bits per heavy atom. The van der Waals surface area contributed by atoms with E-state index in [1.165, 1.54) is 18.2 Å². The molecule has 9 heteroatoms. The zero-order valence-electron chi connectivity index (χ0n) is 14.6. The quantitative estimate of drug-likeness (QED) is 0.741. The lowest BCUT2D eigenvalue weighted by Gasteiger charge is -2.17. The molecule has 0 radical (unpaired) electrons. The maximum Gasteiger partial charge on any atom is 0.240 e. The van der Waals surface area contributed by atoms with Crippen molar-refractivity contribution in [3.63, 3.8) is 0 Å². The SMILES string of the molecule is O=C(CCNS(=O)(=O)c1cccc(F)c1)NC1CCN(c2ccccn2)C1. The number of nitrogens with zero attached hydrogens (tertiary/aromatic N) is 2. The number of hydrogen-bond donors (Lipinski definition) is 2. The summed E-state index contributed by atoms with van der Waals surface area (Å²) in [5.74, 6) is 0.0104. The number of halogens is 1. The summed E-state index contributed by atoms with van der Waals surface area (Å²) in [7, 11) is -3.84. The second kappa shape index (κ2) is 8.45. The number of nitrogens with one attached hydrogen (secondary N) is 2. The van der Waals surface area contributed by atoms with Gasteiger partial charge in [-0.1, -0.05) is 12.1 Å². The van der Waals surface area contributed by atoms with Gasteiger partial charge in [0.05, 0.1) is 4.90 Å². The number of rotatable bonds is 7. The van der Waals surface area contributed by atoms with Crippen LogP contribution in [0.1, 0.15) is 12.8 Å². The lowest BCUT2D eigenvalue weighted by atomic mass is 10.2. The molecule has 144 valence electrons. The lowest BCUT2D eigenvalue weighted by molar-refractivity contribution is -0.121. The maximum absolute atomic E-state index is 13.2. The average molecular weight is 392 g/mol. The van der Waals surface area contributed by atoms with Crippen LogP contribution in [0, 0.1) is 5.82 Å². The van der Waals surface area contributed by atoms with E-state index < -0.39 is 15.8 Å². The molecule has 0 bridgehead atoms. The molecular formula is C18H21FN4O3S. The fraction of sp³-hybridized carbons (Fsp3) is 0.333. The normalized spacial score (nSPS) is 17.1. The number of aromatic nitrogens is 1. The van der Waals surface area contributed by atoms with Crippen LogP contribution in [0.5, 0.6) is 0 Å². The molecule has 1 amide bonds. The molecule has 0 aliphatic carbocycles. The molecule has 0 spiro atoms. The first-order valence-electron chi connectivity index (χ1n) is 8.64. The van der Waals surface area contributed by atoms with Crippen LogP contribution in [-0.4, -0.2) is 45.0 Å². The third-order valence-electron chi connectivity index (χ3n) is 4.28. The van der Waals surface area contributed by atoms with Crippen molar-refractivity contribution in [2.45, 2.75) is 23.8 Å². The number of benzene rings is 1. The molecule has 1 aromatic carbocycles. The van der Waals surface area contributed by atoms with Crippen LogP contribution in [0.25, 0.3) is 0 Å². The highest BCUT2D eigenvalue weighted by Crippen LogP contribution is 2.17. The van der Waals surface area contributed by atoms with Gasteiger partial charge in [0.25, 0.3) is 0 Å². The minimum atomic E-state index is -3.84. The Hall–Kier alpha value is -2.52. The zero-order valence-corrected chi connectivity index (χ0v) is 15.5. The lowest BCUT2D eigenvalue weighted by Crippen LogP contribution is -2.39. The van der Waals surface area contributed by atoms with Gasteiger partial charge in [-0.25, -0.2) is 22.5 Å². The van der Waals surface area contributed by atoms with Crippen molar-refractivity contribution in [2.24, 2.45) is 0 Å². The fourth-order valence-corrected chi connectivity index (χ4v) is 4.01. The van der Waals surface area contributed by atoms with E-state index in [0.717, 1.165) is 24.8 Å². The molecular weight excluding hydrogens is 371 g/mol. The van der Waals surface area contributed by atoms with E-state index in [9.17, 15) is 17.6 Å². The number of carbonyl (C=O) groups is 1. The van der Waals surface area contributed by atoms with Crippen LogP contribution in [0.3, 0.4) is 0 Å². The third-order valence-corrected chi connectivity index (χ3v) is 5.74. The first-order chi connectivity index (χ1) is 12.9. The van der Waals surface area contributed by atoms with Crippen molar-refractivity contribution in [2.75, 3.05) is 24.5 Å². The molecule has 1 saturated heterocycles. The van der Waals surface area contributed by atoms with Gasteiger partial charge in [-0.15, -0.1) is 0 Å². The number of sulfonamides is 1. The van der Waals surface area contributed by atoms with Crippen LogP contribution in [0.2, 0.25) is 0 Å². The second-order valence-corrected chi connectivity index (χ2v) is 8.06. The monoisotopic (exact) mass is 392 g/mol. The second-order valence-electron chi connectivity index (χ2n) is 6.29. The van der Waals surface area contributed by atoms with Crippen molar-refractivity contribution in [3.8, 4) is 0 Å².